The number of rotatable bonds is 4. The molecule has 0 aliphatic rings. The molecule has 1 unspecified atom stereocenters. The Balaban J connectivity index is 2.26. The van der Waals surface area contributed by atoms with Crippen LogP contribution in [0.25, 0.3) is 0 Å². The Morgan fingerprint density at radius 2 is 1.89 bits per heavy atom. The van der Waals surface area contributed by atoms with E-state index in [4.69, 9.17) is 11.6 Å². The number of hydrogen-bond donors (Lipinski definition) is 2. The average molecular weight is 280 g/mol. The maximum Gasteiger partial charge on any atom is 0.330 e. The molecule has 0 spiro atoms. The number of halogens is 2. The summed E-state index contributed by atoms with van der Waals surface area (Å²) in [4.78, 5) is 11.3. The molecule has 98 valence electrons. The van der Waals surface area contributed by atoms with Crippen molar-refractivity contribution in [2.75, 3.05) is 5.32 Å². The van der Waals surface area contributed by atoms with Gasteiger partial charge >= 0.3 is 5.97 Å². The number of anilines is 1. The van der Waals surface area contributed by atoms with E-state index < -0.39 is 17.8 Å². The fraction of sp³-hybridized carbons (Fsp3) is 0.0714. The fourth-order valence-electron chi connectivity index (χ4n) is 1.69. The molecule has 1 atom stereocenters. The van der Waals surface area contributed by atoms with Crippen molar-refractivity contribution in [1.29, 1.82) is 0 Å². The highest BCUT2D eigenvalue weighted by atomic mass is 35.5. The Labute approximate surface area is 114 Å². The smallest absolute Gasteiger partial charge is 0.330 e. The number of nitrogens with one attached hydrogen (secondary N) is 1. The van der Waals surface area contributed by atoms with Crippen LogP contribution >= 0.6 is 11.6 Å². The van der Waals surface area contributed by atoms with E-state index >= 15 is 0 Å². The second kappa shape index (κ2) is 5.71. The largest absolute Gasteiger partial charge is 0.479 e. The molecule has 0 saturated carbocycles. The van der Waals surface area contributed by atoms with Crippen LogP contribution in [-0.2, 0) is 4.79 Å². The number of aliphatic carboxylic acids is 1. The van der Waals surface area contributed by atoms with Gasteiger partial charge in [-0.2, -0.15) is 0 Å². The molecular weight excluding hydrogens is 269 g/mol. The van der Waals surface area contributed by atoms with Crippen LogP contribution in [0.2, 0.25) is 5.02 Å². The lowest BCUT2D eigenvalue weighted by molar-refractivity contribution is -0.138. The predicted octanol–water partition coefficient (Wildman–Crippen LogP) is 3.72. The average Bonchev–Trinajstić information content (AvgIpc) is 2.37. The fourth-order valence-corrected chi connectivity index (χ4v) is 1.81. The maximum absolute atomic E-state index is 13.1. The van der Waals surface area contributed by atoms with Crippen LogP contribution in [-0.4, -0.2) is 11.1 Å². The molecule has 0 aliphatic carbocycles. The molecule has 0 heterocycles. The van der Waals surface area contributed by atoms with E-state index in [0.717, 1.165) is 0 Å². The van der Waals surface area contributed by atoms with Crippen molar-refractivity contribution < 1.29 is 14.3 Å². The van der Waals surface area contributed by atoms with E-state index in [9.17, 15) is 14.3 Å². The van der Waals surface area contributed by atoms with Crippen molar-refractivity contribution in [3.8, 4) is 0 Å². The molecule has 0 saturated heterocycles. The number of carbonyl (C=O) groups is 1. The summed E-state index contributed by atoms with van der Waals surface area (Å²) in [6.07, 6.45) is 0. The molecule has 5 heteroatoms. The molecular formula is C14H11ClFNO2. The number of carboxylic acids is 1. The van der Waals surface area contributed by atoms with Crippen molar-refractivity contribution in [1.82, 2.24) is 0 Å². The first-order valence-corrected chi connectivity index (χ1v) is 5.94. The van der Waals surface area contributed by atoms with Crippen molar-refractivity contribution in [3.63, 3.8) is 0 Å². The molecule has 3 nitrogen and oxygen atoms in total. The van der Waals surface area contributed by atoms with Gasteiger partial charge in [0.05, 0.1) is 0 Å². The molecule has 0 amide bonds. The second-order valence-corrected chi connectivity index (χ2v) is 4.41. The third kappa shape index (κ3) is 3.45. The van der Waals surface area contributed by atoms with Crippen molar-refractivity contribution in [2.24, 2.45) is 0 Å². The second-order valence-electron chi connectivity index (χ2n) is 3.98. The van der Waals surface area contributed by atoms with Gasteiger partial charge in [0.15, 0.2) is 6.04 Å². The zero-order valence-electron chi connectivity index (χ0n) is 9.81. The van der Waals surface area contributed by atoms with Crippen LogP contribution in [0, 0.1) is 5.82 Å². The van der Waals surface area contributed by atoms with Gasteiger partial charge in [-0.05, 0) is 35.9 Å². The monoisotopic (exact) mass is 279 g/mol. The molecule has 2 rings (SSSR count). The molecule has 0 radical (unpaired) electrons. The van der Waals surface area contributed by atoms with E-state index in [2.05, 4.69) is 5.32 Å². The predicted molar refractivity (Wildman–Crippen MR) is 71.9 cm³/mol. The minimum Gasteiger partial charge on any atom is -0.479 e. The lowest BCUT2D eigenvalue weighted by atomic mass is 10.1. The first-order chi connectivity index (χ1) is 9.06. The van der Waals surface area contributed by atoms with Gasteiger partial charge in [0.25, 0.3) is 0 Å². The Morgan fingerprint density at radius 1 is 1.21 bits per heavy atom. The standard InChI is InChI=1S/C14H11ClFNO2/c15-10-6-4-9(5-7-10)13(14(18)19)17-12-3-1-2-11(16)8-12/h1-8,13,17H,(H,18,19). The Hall–Kier alpha value is -2.07. The summed E-state index contributed by atoms with van der Waals surface area (Å²) in [7, 11) is 0. The van der Waals surface area contributed by atoms with Crippen molar-refractivity contribution >= 4 is 23.3 Å². The third-order valence-corrected chi connectivity index (χ3v) is 2.84. The molecule has 19 heavy (non-hydrogen) atoms. The maximum atomic E-state index is 13.1. The first kappa shape index (κ1) is 13.4. The van der Waals surface area contributed by atoms with Gasteiger partial charge in [0.1, 0.15) is 5.82 Å². The lowest BCUT2D eigenvalue weighted by Gasteiger charge is -2.16. The van der Waals surface area contributed by atoms with Gasteiger partial charge in [-0.25, -0.2) is 9.18 Å². The Morgan fingerprint density at radius 3 is 2.47 bits per heavy atom. The van der Waals surface area contributed by atoms with Crippen LogP contribution in [0.3, 0.4) is 0 Å². The van der Waals surface area contributed by atoms with Crippen LogP contribution in [0.4, 0.5) is 10.1 Å². The summed E-state index contributed by atoms with van der Waals surface area (Å²) in [5, 5.41) is 12.5. The van der Waals surface area contributed by atoms with Crippen LogP contribution in [0.1, 0.15) is 11.6 Å². The molecule has 0 bridgehead atoms. The van der Waals surface area contributed by atoms with Crippen LogP contribution < -0.4 is 5.32 Å². The van der Waals surface area contributed by atoms with Crippen molar-refractivity contribution in [2.45, 2.75) is 6.04 Å². The van der Waals surface area contributed by atoms with Gasteiger partial charge in [0.2, 0.25) is 0 Å². The normalized spacial score (nSPS) is 11.9. The molecule has 2 aromatic carbocycles. The van der Waals surface area contributed by atoms with Gasteiger partial charge < -0.3 is 10.4 Å². The highest BCUT2D eigenvalue weighted by molar-refractivity contribution is 6.30. The summed E-state index contributed by atoms with van der Waals surface area (Å²) >= 11 is 5.76. The summed E-state index contributed by atoms with van der Waals surface area (Å²) < 4.78 is 13.1. The Bertz CT molecular complexity index is 586. The number of carboxylic acid groups (broad SMARTS) is 1. The van der Waals surface area contributed by atoms with Gasteiger partial charge in [-0.3, -0.25) is 0 Å². The lowest BCUT2D eigenvalue weighted by Crippen LogP contribution is -2.20. The van der Waals surface area contributed by atoms with E-state index in [0.29, 0.717) is 16.3 Å². The van der Waals surface area contributed by atoms with Gasteiger partial charge in [-0.1, -0.05) is 29.8 Å². The van der Waals surface area contributed by atoms with E-state index in [1.165, 1.54) is 18.2 Å². The SMILES string of the molecule is O=C(O)C(Nc1cccc(F)c1)c1ccc(Cl)cc1. The minimum absolute atomic E-state index is 0.405. The molecule has 2 N–H and O–H groups in total. The van der Waals surface area contributed by atoms with Crippen LogP contribution in [0.15, 0.2) is 48.5 Å². The third-order valence-electron chi connectivity index (χ3n) is 2.59. The van der Waals surface area contributed by atoms with Crippen molar-refractivity contribution in [3.05, 3.63) is 64.9 Å². The highest BCUT2D eigenvalue weighted by Crippen LogP contribution is 2.22. The summed E-state index contributed by atoms with van der Waals surface area (Å²) in [6.45, 7) is 0. The van der Waals surface area contributed by atoms with E-state index in [1.807, 2.05) is 0 Å². The molecule has 0 aromatic heterocycles. The highest BCUT2D eigenvalue weighted by Gasteiger charge is 2.19. The van der Waals surface area contributed by atoms with Crippen LogP contribution in [0.5, 0.6) is 0 Å². The van der Waals surface area contributed by atoms with E-state index in [1.54, 1.807) is 30.3 Å². The minimum atomic E-state index is -1.05. The quantitative estimate of drug-likeness (QED) is 0.897. The zero-order valence-corrected chi connectivity index (χ0v) is 10.6. The first-order valence-electron chi connectivity index (χ1n) is 5.56. The molecule has 0 fully saturated rings. The van der Waals surface area contributed by atoms with Gasteiger partial charge in [0, 0.05) is 10.7 Å². The van der Waals surface area contributed by atoms with Gasteiger partial charge in [-0.15, -0.1) is 0 Å². The number of benzene rings is 2. The van der Waals surface area contributed by atoms with E-state index in [-0.39, 0.29) is 0 Å². The topological polar surface area (TPSA) is 49.3 Å². The number of hydrogen-bond acceptors (Lipinski definition) is 2. The zero-order chi connectivity index (χ0) is 13.8. The summed E-state index contributed by atoms with van der Waals surface area (Å²) in [5.41, 5.74) is 0.948. The molecule has 2 aromatic rings. The Kier molecular flexibility index (Phi) is 4.02. The summed E-state index contributed by atoms with van der Waals surface area (Å²) in [6, 6.07) is 11.2. The summed E-state index contributed by atoms with van der Waals surface area (Å²) in [5.74, 6) is -1.48. The molecule has 0 aliphatic heterocycles.